The van der Waals surface area contributed by atoms with Crippen LogP contribution < -0.4 is 4.74 Å². The second kappa shape index (κ2) is 7.34. The number of halogens is 1. The molecule has 3 rings (SSSR count). The summed E-state index contributed by atoms with van der Waals surface area (Å²) in [6.07, 6.45) is 0.165. The van der Waals surface area contributed by atoms with Crippen LogP contribution in [0.25, 0.3) is 0 Å². The number of ether oxygens (including phenoxy) is 1. The van der Waals surface area contributed by atoms with Crippen molar-refractivity contribution >= 4 is 28.9 Å². The van der Waals surface area contributed by atoms with Gasteiger partial charge in [0.15, 0.2) is 12.3 Å². The zero-order chi connectivity index (χ0) is 19.6. The van der Waals surface area contributed by atoms with Gasteiger partial charge in [-0.25, -0.2) is 0 Å². The van der Waals surface area contributed by atoms with E-state index >= 15 is 0 Å². The molecular formula is C18H16ClN3O5. The minimum atomic E-state index is -1.62. The highest BCUT2D eigenvalue weighted by Gasteiger charge is 2.44. The molecule has 1 atom stereocenters. The molecule has 0 saturated heterocycles. The summed E-state index contributed by atoms with van der Waals surface area (Å²) in [5, 5.41) is 27.4. The summed E-state index contributed by atoms with van der Waals surface area (Å²) in [7, 11) is 0. The maximum atomic E-state index is 12.6. The number of amides is 1. The van der Waals surface area contributed by atoms with Gasteiger partial charge in [0.2, 0.25) is 0 Å². The predicted molar refractivity (Wildman–Crippen MR) is 98.5 cm³/mol. The van der Waals surface area contributed by atoms with E-state index in [-0.39, 0.29) is 18.7 Å². The Bertz CT molecular complexity index is 898. The highest BCUT2D eigenvalue weighted by molar-refractivity contribution is 6.30. The van der Waals surface area contributed by atoms with Crippen LogP contribution in [0.3, 0.4) is 0 Å². The van der Waals surface area contributed by atoms with Gasteiger partial charge in [-0.1, -0.05) is 23.7 Å². The fourth-order valence-corrected chi connectivity index (χ4v) is 2.92. The van der Waals surface area contributed by atoms with E-state index in [1.807, 2.05) is 0 Å². The van der Waals surface area contributed by atoms with Crippen LogP contribution in [0.4, 0.5) is 5.69 Å². The molecule has 0 fully saturated rings. The van der Waals surface area contributed by atoms with Crippen molar-refractivity contribution < 1.29 is 19.6 Å². The van der Waals surface area contributed by atoms with Gasteiger partial charge in [-0.05, 0) is 31.2 Å². The third kappa shape index (κ3) is 3.91. The molecule has 2 aromatic carbocycles. The van der Waals surface area contributed by atoms with E-state index in [1.165, 1.54) is 24.3 Å². The first kappa shape index (κ1) is 18.8. The van der Waals surface area contributed by atoms with Crippen molar-refractivity contribution in [3.05, 3.63) is 69.2 Å². The number of nitro groups is 1. The Morgan fingerprint density at radius 1 is 1.30 bits per heavy atom. The Kier molecular flexibility index (Phi) is 5.11. The minimum Gasteiger partial charge on any atom is -0.484 e. The van der Waals surface area contributed by atoms with Gasteiger partial charge in [-0.3, -0.25) is 14.9 Å². The number of nitro benzene ring substituents is 1. The maximum absolute atomic E-state index is 12.6. The molecule has 1 aliphatic rings. The van der Waals surface area contributed by atoms with Gasteiger partial charge in [0.05, 0.1) is 4.92 Å². The number of carbonyl (C=O) groups is 1. The second-order valence-electron chi connectivity index (χ2n) is 6.08. The summed E-state index contributed by atoms with van der Waals surface area (Å²) >= 11 is 5.89. The van der Waals surface area contributed by atoms with Crippen molar-refractivity contribution in [1.29, 1.82) is 0 Å². The number of aliphatic hydroxyl groups is 1. The number of rotatable bonds is 5. The molecule has 0 bridgehead atoms. The smallest absolute Gasteiger partial charge is 0.283 e. The summed E-state index contributed by atoms with van der Waals surface area (Å²) in [5.74, 6) is -0.258. The SMILES string of the molecule is CC1=NN(C(=O)COc2ccc([N+](=O)[O-])cc2)[C@](O)(c2ccc(Cl)cc2)C1. The molecule has 0 unspecified atom stereocenters. The number of benzene rings is 2. The number of non-ortho nitro benzene ring substituents is 1. The van der Waals surface area contributed by atoms with E-state index in [2.05, 4.69) is 5.10 Å². The summed E-state index contributed by atoms with van der Waals surface area (Å²) in [6, 6.07) is 11.9. The van der Waals surface area contributed by atoms with Crippen molar-refractivity contribution in [3.8, 4) is 5.75 Å². The van der Waals surface area contributed by atoms with Gasteiger partial charge in [0.25, 0.3) is 11.6 Å². The number of hydrogen-bond acceptors (Lipinski definition) is 6. The zero-order valence-corrected chi connectivity index (χ0v) is 15.1. The lowest BCUT2D eigenvalue weighted by Gasteiger charge is -2.31. The Labute approximate surface area is 159 Å². The molecule has 0 saturated carbocycles. The van der Waals surface area contributed by atoms with Crippen LogP contribution in [0.5, 0.6) is 5.75 Å². The quantitative estimate of drug-likeness (QED) is 0.624. The van der Waals surface area contributed by atoms with Crippen molar-refractivity contribution in [2.45, 2.75) is 19.1 Å². The molecule has 1 N–H and O–H groups in total. The normalized spacial score (nSPS) is 18.9. The third-order valence-corrected chi connectivity index (χ3v) is 4.33. The minimum absolute atomic E-state index is 0.0782. The third-order valence-electron chi connectivity index (χ3n) is 4.08. The molecule has 140 valence electrons. The first-order valence-electron chi connectivity index (χ1n) is 8.02. The summed E-state index contributed by atoms with van der Waals surface area (Å²) in [6.45, 7) is 1.33. The van der Waals surface area contributed by atoms with Crippen molar-refractivity contribution in [2.24, 2.45) is 5.10 Å². The molecule has 9 heteroatoms. The molecule has 0 aliphatic carbocycles. The molecule has 0 spiro atoms. The Morgan fingerprint density at radius 3 is 2.52 bits per heavy atom. The average Bonchev–Trinajstić information content (AvgIpc) is 2.96. The fourth-order valence-electron chi connectivity index (χ4n) is 2.79. The largest absolute Gasteiger partial charge is 0.484 e. The van der Waals surface area contributed by atoms with E-state index in [1.54, 1.807) is 31.2 Å². The Morgan fingerprint density at radius 2 is 1.93 bits per heavy atom. The van der Waals surface area contributed by atoms with Gasteiger partial charge < -0.3 is 9.84 Å². The number of carbonyl (C=O) groups excluding carboxylic acids is 1. The van der Waals surface area contributed by atoms with E-state index in [4.69, 9.17) is 16.3 Å². The van der Waals surface area contributed by atoms with Crippen molar-refractivity contribution in [1.82, 2.24) is 5.01 Å². The van der Waals surface area contributed by atoms with E-state index in [0.29, 0.717) is 22.0 Å². The molecule has 1 heterocycles. The molecule has 2 aromatic rings. The summed E-state index contributed by atoms with van der Waals surface area (Å²) in [5.41, 5.74) is -0.622. The lowest BCUT2D eigenvalue weighted by atomic mass is 9.98. The molecule has 1 aliphatic heterocycles. The van der Waals surface area contributed by atoms with Crippen LogP contribution in [0, 0.1) is 10.1 Å². The topological polar surface area (TPSA) is 105 Å². The standard InChI is InChI=1S/C18H16ClN3O5/c1-12-10-18(24,13-2-4-14(19)5-3-13)21(20-12)17(23)11-27-16-8-6-15(7-9-16)22(25)26/h2-9,24H,10-11H2,1H3/t18-/m1/s1. The van der Waals surface area contributed by atoms with Crippen LogP contribution in [0.2, 0.25) is 5.02 Å². The van der Waals surface area contributed by atoms with Gasteiger partial charge in [-0.15, -0.1) is 0 Å². The van der Waals surface area contributed by atoms with E-state index < -0.39 is 16.6 Å². The highest BCUT2D eigenvalue weighted by atomic mass is 35.5. The lowest BCUT2D eigenvalue weighted by molar-refractivity contribution is -0.384. The van der Waals surface area contributed by atoms with Crippen LogP contribution in [0.1, 0.15) is 18.9 Å². The predicted octanol–water partition coefficient (Wildman–Crippen LogP) is 3.08. The molecule has 0 aromatic heterocycles. The second-order valence-corrected chi connectivity index (χ2v) is 6.52. The van der Waals surface area contributed by atoms with Crippen LogP contribution in [-0.4, -0.2) is 33.3 Å². The van der Waals surface area contributed by atoms with Crippen molar-refractivity contribution in [2.75, 3.05) is 6.61 Å². The summed E-state index contributed by atoms with van der Waals surface area (Å²) in [4.78, 5) is 22.7. The molecular weight excluding hydrogens is 374 g/mol. The Hall–Kier alpha value is -2.97. The number of nitrogens with zero attached hydrogens (tertiary/aromatic N) is 3. The molecule has 8 nitrogen and oxygen atoms in total. The lowest BCUT2D eigenvalue weighted by Crippen LogP contribution is -2.45. The van der Waals surface area contributed by atoms with Crippen LogP contribution >= 0.6 is 11.6 Å². The number of hydrogen-bond donors (Lipinski definition) is 1. The zero-order valence-electron chi connectivity index (χ0n) is 14.3. The van der Waals surface area contributed by atoms with E-state index in [9.17, 15) is 20.0 Å². The summed E-state index contributed by atoms with van der Waals surface area (Å²) < 4.78 is 5.38. The van der Waals surface area contributed by atoms with Crippen LogP contribution in [-0.2, 0) is 10.5 Å². The highest BCUT2D eigenvalue weighted by Crippen LogP contribution is 2.35. The van der Waals surface area contributed by atoms with Crippen LogP contribution in [0.15, 0.2) is 53.6 Å². The van der Waals surface area contributed by atoms with E-state index in [0.717, 1.165) is 5.01 Å². The van der Waals surface area contributed by atoms with Crippen molar-refractivity contribution in [3.63, 3.8) is 0 Å². The Balaban J connectivity index is 1.73. The first-order chi connectivity index (χ1) is 12.8. The first-order valence-corrected chi connectivity index (χ1v) is 8.40. The van der Waals surface area contributed by atoms with Gasteiger partial charge in [0, 0.05) is 34.9 Å². The monoisotopic (exact) mass is 389 g/mol. The molecule has 27 heavy (non-hydrogen) atoms. The molecule has 0 radical (unpaired) electrons. The fraction of sp³-hybridized carbons (Fsp3) is 0.222. The maximum Gasteiger partial charge on any atom is 0.283 e. The average molecular weight is 390 g/mol. The molecule has 1 amide bonds. The van der Waals surface area contributed by atoms with Gasteiger partial charge >= 0.3 is 0 Å². The van der Waals surface area contributed by atoms with Gasteiger partial charge in [0.1, 0.15) is 5.75 Å². The van der Waals surface area contributed by atoms with Gasteiger partial charge in [-0.2, -0.15) is 10.1 Å². The number of hydrazone groups is 1.